The molecule has 8 nitrogen and oxygen atoms in total. The molecule has 1 fully saturated rings. The van der Waals surface area contributed by atoms with Gasteiger partial charge in [-0.1, -0.05) is 17.1 Å². The number of rotatable bonds is 6. The molecule has 2 heterocycles. The second-order valence-corrected chi connectivity index (χ2v) is 5.75. The van der Waals surface area contributed by atoms with E-state index in [4.69, 9.17) is 9.47 Å². The molecule has 3 atom stereocenters. The number of hydroxylamine groups is 2. The number of hydrogen-bond donors (Lipinski definition) is 1. The van der Waals surface area contributed by atoms with Gasteiger partial charge in [-0.25, -0.2) is 4.90 Å². The Hall–Kier alpha value is -0.840. The Labute approximate surface area is 121 Å². The first-order valence-electron chi connectivity index (χ1n) is 6.45. The zero-order valence-electron chi connectivity index (χ0n) is 11.9. The van der Waals surface area contributed by atoms with E-state index in [0.29, 0.717) is 11.8 Å². The Bertz CT molecular complexity index is 446. The molecule has 20 heavy (non-hydrogen) atoms. The maximum absolute atomic E-state index is 12.9. The van der Waals surface area contributed by atoms with E-state index in [9.17, 15) is 10.3 Å². The topological polar surface area (TPSA) is 90.8 Å². The highest BCUT2D eigenvalue weighted by molar-refractivity contribution is 7.16. The molecule has 114 valence electrons. The van der Waals surface area contributed by atoms with E-state index in [1.807, 2.05) is 6.92 Å². The van der Waals surface area contributed by atoms with Crippen LogP contribution in [-0.4, -0.2) is 66.5 Å². The minimum Gasteiger partial charge on any atom is -0.623 e. The summed E-state index contributed by atoms with van der Waals surface area (Å²) < 4.78 is 9.47. The molecular weight excluding hydrogens is 284 g/mol. The van der Waals surface area contributed by atoms with Gasteiger partial charge in [0.15, 0.2) is 0 Å². The smallest absolute Gasteiger partial charge is 0.313 e. The van der Waals surface area contributed by atoms with Crippen molar-refractivity contribution in [2.45, 2.75) is 25.6 Å². The zero-order chi connectivity index (χ0) is 14.8. The second-order valence-electron chi connectivity index (χ2n) is 4.83. The molecule has 0 amide bonds. The van der Waals surface area contributed by atoms with Crippen LogP contribution in [0.1, 0.15) is 13.3 Å². The number of likely N-dealkylation sites (N-methyl/N-ethyl adjacent to an activating group) is 1. The highest BCUT2D eigenvalue weighted by Gasteiger charge is 2.49. The maximum atomic E-state index is 12.9. The number of hydrogen-bond acceptors (Lipinski definition) is 8. The van der Waals surface area contributed by atoms with E-state index < -0.39 is 10.9 Å². The molecule has 1 N–H and O–H groups in total. The highest BCUT2D eigenvalue weighted by atomic mass is 32.1. The van der Waals surface area contributed by atoms with Crippen molar-refractivity contribution in [2.24, 2.45) is 0 Å². The fourth-order valence-corrected chi connectivity index (χ4v) is 2.97. The largest absolute Gasteiger partial charge is 0.623 e. The third kappa shape index (κ3) is 2.78. The Morgan fingerprint density at radius 3 is 2.95 bits per heavy atom. The molecule has 3 unspecified atom stereocenters. The predicted octanol–water partition coefficient (Wildman–Crippen LogP) is 0.368. The zero-order valence-corrected chi connectivity index (χ0v) is 12.7. The molecule has 0 aromatic carbocycles. The van der Waals surface area contributed by atoms with Crippen LogP contribution in [0, 0.1) is 5.21 Å². The van der Waals surface area contributed by atoms with Gasteiger partial charge in [0.25, 0.3) is 5.19 Å². The number of aliphatic hydroxyl groups excluding tert-OH is 1. The Kier molecular flexibility index (Phi) is 4.89. The Balaban J connectivity index is 2.16. The summed E-state index contributed by atoms with van der Waals surface area (Å²) in [7, 11) is 3.32. The van der Waals surface area contributed by atoms with Gasteiger partial charge in [-0.15, -0.1) is 0 Å². The van der Waals surface area contributed by atoms with E-state index in [0.717, 1.165) is 17.8 Å². The summed E-state index contributed by atoms with van der Waals surface area (Å²) in [5, 5.41) is 31.4. The third-order valence-electron chi connectivity index (χ3n) is 3.26. The fourth-order valence-electron chi connectivity index (χ4n) is 2.19. The molecule has 0 aliphatic carbocycles. The van der Waals surface area contributed by atoms with Crippen LogP contribution in [0.3, 0.4) is 0 Å². The lowest BCUT2D eigenvalue weighted by Crippen LogP contribution is -2.51. The van der Waals surface area contributed by atoms with Gasteiger partial charge < -0.3 is 19.8 Å². The summed E-state index contributed by atoms with van der Waals surface area (Å²) in [6.45, 7) is 2.91. The molecule has 1 aliphatic rings. The van der Waals surface area contributed by atoms with Crippen molar-refractivity contribution >= 4 is 16.5 Å². The molecule has 2 rings (SSSR count). The van der Waals surface area contributed by atoms with E-state index in [1.54, 1.807) is 19.1 Å². The van der Waals surface area contributed by atoms with Crippen LogP contribution < -0.4 is 9.38 Å². The van der Waals surface area contributed by atoms with Gasteiger partial charge in [-0.05, 0) is 13.5 Å². The van der Waals surface area contributed by atoms with Gasteiger partial charge >= 0.3 is 5.13 Å². The lowest BCUT2D eigenvalue weighted by atomic mass is 10.3. The second kappa shape index (κ2) is 6.29. The molecule has 0 bridgehead atoms. The van der Waals surface area contributed by atoms with Crippen LogP contribution in [-0.2, 0) is 4.74 Å². The number of nitrogens with zero attached hydrogens (tertiary/aromatic N) is 4. The monoisotopic (exact) mass is 304 g/mol. The highest BCUT2D eigenvalue weighted by Crippen LogP contribution is 2.37. The average Bonchev–Trinajstić information content (AvgIpc) is 2.97. The molecule has 1 aromatic heterocycles. The number of ether oxygens (including phenoxy) is 2. The third-order valence-corrected chi connectivity index (χ3v) is 4.20. The lowest BCUT2D eigenvalue weighted by Gasteiger charge is -2.37. The summed E-state index contributed by atoms with van der Waals surface area (Å²) in [4.78, 5) is 1.77. The van der Waals surface area contributed by atoms with E-state index in [-0.39, 0.29) is 24.4 Å². The Morgan fingerprint density at radius 2 is 2.30 bits per heavy atom. The van der Waals surface area contributed by atoms with Gasteiger partial charge in [0.2, 0.25) is 6.23 Å². The van der Waals surface area contributed by atoms with Crippen molar-refractivity contribution in [2.75, 3.05) is 34.0 Å². The first-order chi connectivity index (χ1) is 9.52. The van der Waals surface area contributed by atoms with Crippen molar-refractivity contribution in [1.82, 2.24) is 19.7 Å². The van der Waals surface area contributed by atoms with Gasteiger partial charge in [0.05, 0.1) is 13.2 Å². The lowest BCUT2D eigenvalue weighted by molar-refractivity contribution is 0.0228. The minimum absolute atomic E-state index is 0.109. The van der Waals surface area contributed by atoms with Gasteiger partial charge in [0.1, 0.15) is 12.7 Å². The molecule has 0 spiro atoms. The predicted molar refractivity (Wildman–Crippen MR) is 75.2 cm³/mol. The van der Waals surface area contributed by atoms with Crippen LogP contribution in [0.25, 0.3) is 0 Å². The van der Waals surface area contributed by atoms with Gasteiger partial charge in [-0.2, -0.15) is 0 Å². The standard InChI is InChI=1S/C11H20N4O4S/c1-4-5-19-11-13-12-10(20-11)15(17)7-14(2)8(6-18-3)9(15)16/h8-9,16H,4-7H2,1-3H3. The van der Waals surface area contributed by atoms with Crippen LogP contribution >= 0.6 is 11.3 Å². The average molecular weight is 304 g/mol. The van der Waals surface area contributed by atoms with E-state index in [2.05, 4.69) is 10.2 Å². The SMILES string of the molecule is CCCOc1nnc([N+]2([O-])CN(C)C(COC)C2O)s1. The van der Waals surface area contributed by atoms with Crippen LogP contribution in [0.2, 0.25) is 0 Å². The summed E-state index contributed by atoms with van der Waals surface area (Å²) in [5.74, 6) is 0. The van der Waals surface area contributed by atoms with E-state index in [1.165, 1.54) is 0 Å². The number of quaternary nitrogens is 1. The number of methoxy groups -OCH3 is 1. The summed E-state index contributed by atoms with van der Waals surface area (Å²) in [6, 6.07) is -0.360. The number of aromatic nitrogens is 2. The quantitative estimate of drug-likeness (QED) is 0.599. The van der Waals surface area contributed by atoms with Gasteiger partial charge in [-0.3, -0.25) is 4.65 Å². The van der Waals surface area contributed by atoms with E-state index >= 15 is 0 Å². The first kappa shape index (κ1) is 15.5. The molecule has 0 saturated carbocycles. The summed E-state index contributed by atoms with van der Waals surface area (Å²) in [6.07, 6.45) is -0.292. The van der Waals surface area contributed by atoms with Crippen molar-refractivity contribution in [3.05, 3.63) is 5.21 Å². The normalized spacial score (nSPS) is 30.9. The van der Waals surface area contributed by atoms with Crippen LogP contribution in [0.15, 0.2) is 0 Å². The summed E-state index contributed by atoms with van der Waals surface area (Å²) >= 11 is 1.08. The minimum atomic E-state index is -1.15. The van der Waals surface area contributed by atoms with Gasteiger partial charge in [0, 0.05) is 18.4 Å². The Morgan fingerprint density at radius 1 is 1.55 bits per heavy atom. The summed E-state index contributed by atoms with van der Waals surface area (Å²) in [5.41, 5.74) is 0. The van der Waals surface area contributed by atoms with Crippen molar-refractivity contribution < 1.29 is 14.6 Å². The molecular formula is C11H20N4O4S. The molecule has 1 saturated heterocycles. The number of aliphatic hydroxyl groups is 1. The fraction of sp³-hybridized carbons (Fsp3) is 0.818. The first-order valence-corrected chi connectivity index (χ1v) is 7.27. The van der Waals surface area contributed by atoms with Crippen molar-refractivity contribution in [3.8, 4) is 5.19 Å². The molecule has 1 aromatic rings. The van der Waals surface area contributed by atoms with Crippen LogP contribution in [0.5, 0.6) is 5.19 Å². The molecule has 1 aliphatic heterocycles. The molecule has 9 heteroatoms. The maximum Gasteiger partial charge on any atom is 0.313 e. The van der Waals surface area contributed by atoms with Crippen molar-refractivity contribution in [3.63, 3.8) is 0 Å². The van der Waals surface area contributed by atoms with Crippen molar-refractivity contribution in [1.29, 1.82) is 0 Å². The molecule has 0 radical (unpaired) electrons. The van der Waals surface area contributed by atoms with Crippen LogP contribution in [0.4, 0.5) is 5.13 Å².